The van der Waals surface area contributed by atoms with Gasteiger partial charge in [-0.3, -0.25) is 9.59 Å². The molecular formula is C27H33N5O5. The van der Waals surface area contributed by atoms with Gasteiger partial charge in [0.2, 0.25) is 5.91 Å². The predicted molar refractivity (Wildman–Crippen MR) is 139 cm³/mol. The first-order valence-corrected chi connectivity index (χ1v) is 12.3. The topological polar surface area (TPSA) is 101 Å². The van der Waals surface area contributed by atoms with Crippen LogP contribution >= 0.6 is 0 Å². The van der Waals surface area contributed by atoms with E-state index < -0.39 is 0 Å². The van der Waals surface area contributed by atoms with Gasteiger partial charge >= 0.3 is 0 Å². The summed E-state index contributed by atoms with van der Waals surface area (Å²) in [5.74, 6) is 1.92. The highest BCUT2D eigenvalue weighted by atomic mass is 16.5. The van der Waals surface area contributed by atoms with Crippen molar-refractivity contribution in [1.82, 2.24) is 20.0 Å². The van der Waals surface area contributed by atoms with Crippen LogP contribution in [0.5, 0.6) is 11.5 Å². The van der Waals surface area contributed by atoms with E-state index in [4.69, 9.17) is 13.9 Å². The first-order chi connectivity index (χ1) is 17.9. The molecule has 1 aliphatic rings. The van der Waals surface area contributed by atoms with Gasteiger partial charge in [-0.1, -0.05) is 0 Å². The van der Waals surface area contributed by atoms with Crippen molar-refractivity contribution in [2.45, 2.75) is 26.3 Å². The molecule has 196 valence electrons. The highest BCUT2D eigenvalue weighted by molar-refractivity contribution is 5.94. The summed E-state index contributed by atoms with van der Waals surface area (Å²) in [6.45, 7) is 6.34. The molecule has 1 aliphatic heterocycles. The normalized spacial score (nSPS) is 13.9. The van der Waals surface area contributed by atoms with Crippen LogP contribution in [0.15, 0.2) is 53.1 Å². The largest absolute Gasteiger partial charge is 0.493 e. The molecule has 1 aromatic carbocycles. The van der Waals surface area contributed by atoms with E-state index in [1.807, 2.05) is 49.1 Å². The number of hydrogen-bond donors (Lipinski definition) is 0. The molecule has 10 nitrogen and oxygen atoms in total. The fourth-order valence-electron chi connectivity index (χ4n) is 4.32. The Bertz CT molecular complexity index is 1200. The Morgan fingerprint density at radius 1 is 1.00 bits per heavy atom. The van der Waals surface area contributed by atoms with Gasteiger partial charge in [0.1, 0.15) is 6.54 Å². The summed E-state index contributed by atoms with van der Waals surface area (Å²) in [4.78, 5) is 31.4. The monoisotopic (exact) mass is 507 g/mol. The quantitative estimate of drug-likeness (QED) is 0.458. The number of methoxy groups -OCH3 is 2. The molecule has 0 N–H and O–H groups in total. The van der Waals surface area contributed by atoms with Gasteiger partial charge < -0.3 is 28.6 Å². The van der Waals surface area contributed by atoms with Crippen LogP contribution in [-0.4, -0.2) is 84.8 Å². The van der Waals surface area contributed by atoms with Crippen LogP contribution < -0.4 is 14.4 Å². The highest BCUT2D eigenvalue weighted by Crippen LogP contribution is 2.31. The number of nitrogens with zero attached hydrogens (tertiary/aromatic N) is 5. The third-order valence-corrected chi connectivity index (χ3v) is 6.42. The number of rotatable bonds is 8. The van der Waals surface area contributed by atoms with Crippen LogP contribution in [0.3, 0.4) is 0 Å². The maximum absolute atomic E-state index is 13.1. The van der Waals surface area contributed by atoms with Gasteiger partial charge in [0, 0.05) is 37.8 Å². The second kappa shape index (κ2) is 11.8. The average Bonchev–Trinajstić information content (AvgIpc) is 3.35. The van der Waals surface area contributed by atoms with Crippen LogP contribution in [0.4, 0.5) is 5.82 Å². The second-order valence-electron chi connectivity index (χ2n) is 9.07. The van der Waals surface area contributed by atoms with Crippen molar-refractivity contribution in [2.24, 2.45) is 0 Å². The average molecular weight is 508 g/mol. The van der Waals surface area contributed by atoms with Gasteiger partial charge in [-0.2, -0.15) is 0 Å². The summed E-state index contributed by atoms with van der Waals surface area (Å²) in [6.07, 6.45) is 2.25. The molecule has 2 amide bonds. The zero-order valence-corrected chi connectivity index (χ0v) is 21.7. The molecule has 4 rings (SSSR count). The molecule has 0 aliphatic carbocycles. The van der Waals surface area contributed by atoms with Crippen LogP contribution in [0.2, 0.25) is 0 Å². The summed E-state index contributed by atoms with van der Waals surface area (Å²) >= 11 is 0. The molecule has 0 spiro atoms. The molecule has 3 aromatic rings. The number of furan rings is 1. The molecule has 1 fully saturated rings. The Morgan fingerprint density at radius 2 is 1.81 bits per heavy atom. The van der Waals surface area contributed by atoms with Crippen molar-refractivity contribution in [2.75, 3.05) is 51.8 Å². The Balaban J connectivity index is 1.38. The first-order valence-electron chi connectivity index (χ1n) is 12.3. The summed E-state index contributed by atoms with van der Waals surface area (Å²) in [5.41, 5.74) is 1.61. The molecular weight excluding hydrogens is 474 g/mol. The Labute approximate surface area is 216 Å². The number of ether oxygens (including phenoxy) is 2. The predicted octanol–water partition coefficient (Wildman–Crippen LogP) is 3.34. The molecule has 0 atom stereocenters. The maximum atomic E-state index is 13.1. The minimum Gasteiger partial charge on any atom is -0.493 e. The van der Waals surface area contributed by atoms with Gasteiger partial charge in [0.15, 0.2) is 23.1 Å². The lowest BCUT2D eigenvalue weighted by Crippen LogP contribution is -2.46. The van der Waals surface area contributed by atoms with Crippen molar-refractivity contribution < 1.29 is 23.5 Å². The van der Waals surface area contributed by atoms with Crippen molar-refractivity contribution in [3.8, 4) is 22.8 Å². The number of benzene rings is 1. The minimum atomic E-state index is -0.283. The molecule has 0 radical (unpaired) electrons. The lowest BCUT2D eigenvalue weighted by Gasteiger charge is -2.29. The van der Waals surface area contributed by atoms with Crippen molar-refractivity contribution in [3.63, 3.8) is 0 Å². The fraction of sp³-hybridized carbons (Fsp3) is 0.407. The van der Waals surface area contributed by atoms with E-state index >= 15 is 0 Å². The van der Waals surface area contributed by atoms with Gasteiger partial charge in [0.05, 0.1) is 26.2 Å². The van der Waals surface area contributed by atoms with Crippen LogP contribution in [0.25, 0.3) is 11.3 Å². The van der Waals surface area contributed by atoms with Crippen LogP contribution in [-0.2, 0) is 4.79 Å². The highest BCUT2D eigenvalue weighted by Gasteiger charge is 2.27. The van der Waals surface area contributed by atoms with Crippen molar-refractivity contribution in [3.05, 3.63) is 54.5 Å². The molecule has 37 heavy (non-hydrogen) atoms. The zero-order chi connectivity index (χ0) is 26.4. The fourth-order valence-corrected chi connectivity index (χ4v) is 4.32. The van der Waals surface area contributed by atoms with E-state index in [1.165, 1.54) is 6.26 Å². The molecule has 10 heteroatoms. The maximum Gasteiger partial charge on any atom is 0.290 e. The molecule has 0 bridgehead atoms. The van der Waals surface area contributed by atoms with E-state index in [2.05, 4.69) is 15.1 Å². The molecule has 0 saturated carbocycles. The van der Waals surface area contributed by atoms with Crippen molar-refractivity contribution >= 4 is 17.6 Å². The number of amides is 2. The summed E-state index contributed by atoms with van der Waals surface area (Å²) in [5, 5.41) is 8.87. The summed E-state index contributed by atoms with van der Waals surface area (Å²) in [7, 11) is 3.20. The molecule has 0 unspecified atom stereocenters. The third-order valence-electron chi connectivity index (χ3n) is 6.42. The van der Waals surface area contributed by atoms with E-state index in [0.29, 0.717) is 31.1 Å². The number of carbonyl (C=O) groups excluding carboxylic acids is 2. The lowest BCUT2D eigenvalue weighted by molar-refractivity contribution is -0.132. The summed E-state index contributed by atoms with van der Waals surface area (Å²) in [6, 6.07) is 12.6. The van der Waals surface area contributed by atoms with Gasteiger partial charge in [-0.05, 0) is 62.7 Å². The smallest absolute Gasteiger partial charge is 0.290 e. The van der Waals surface area contributed by atoms with Crippen LogP contribution in [0, 0.1) is 0 Å². The van der Waals surface area contributed by atoms with Gasteiger partial charge in [-0.15, -0.1) is 10.2 Å². The SMILES string of the molecule is COc1ccc(-c2ccc(N3CCCN(C(=O)CN(C(=O)c4ccco4)C(C)C)CC3)nn2)cc1OC. The first kappa shape index (κ1) is 26.0. The van der Waals surface area contributed by atoms with Crippen LogP contribution in [0.1, 0.15) is 30.8 Å². The number of aromatic nitrogens is 2. The molecule has 3 heterocycles. The zero-order valence-electron chi connectivity index (χ0n) is 21.7. The standard InChI is InChI=1S/C27H33N5O5/c1-19(2)32(27(34)23-7-5-16-37-23)18-26(33)31-13-6-12-30(14-15-31)25-11-9-21(28-29-25)20-8-10-22(35-3)24(17-20)36-4/h5,7-11,16-17,19H,6,12-15,18H2,1-4H3. The van der Waals surface area contributed by atoms with Crippen molar-refractivity contribution in [1.29, 1.82) is 0 Å². The second-order valence-corrected chi connectivity index (χ2v) is 9.07. The Hall–Kier alpha value is -4.08. The minimum absolute atomic E-state index is 0.0109. The van der Waals surface area contributed by atoms with E-state index in [9.17, 15) is 9.59 Å². The number of anilines is 1. The number of carbonyl (C=O) groups is 2. The molecule has 2 aromatic heterocycles. The lowest BCUT2D eigenvalue weighted by atomic mass is 10.1. The Kier molecular flexibility index (Phi) is 8.27. The molecule has 1 saturated heterocycles. The number of hydrogen-bond acceptors (Lipinski definition) is 8. The van der Waals surface area contributed by atoms with E-state index in [1.54, 1.807) is 31.3 Å². The van der Waals surface area contributed by atoms with Gasteiger partial charge in [-0.25, -0.2) is 0 Å². The summed E-state index contributed by atoms with van der Waals surface area (Å²) < 4.78 is 15.9. The Morgan fingerprint density at radius 3 is 2.46 bits per heavy atom. The third kappa shape index (κ3) is 6.02. The van der Waals surface area contributed by atoms with E-state index in [-0.39, 0.29) is 30.2 Å². The van der Waals surface area contributed by atoms with Gasteiger partial charge in [0.25, 0.3) is 5.91 Å². The van der Waals surface area contributed by atoms with E-state index in [0.717, 1.165) is 30.0 Å².